The number of hydrogen-bond acceptors (Lipinski definition) is 3. The number of carbonyl (C=O) groups excluding carboxylic acids is 2. The molecule has 2 aliphatic carbocycles. The maximum absolute atomic E-state index is 12.2. The highest BCUT2D eigenvalue weighted by atomic mass is 16.5. The smallest absolute Gasteiger partial charge is 0.309 e. The van der Waals surface area contributed by atoms with Gasteiger partial charge in [-0.2, -0.15) is 0 Å². The van der Waals surface area contributed by atoms with Crippen molar-refractivity contribution in [3.05, 3.63) is 34.9 Å². The van der Waals surface area contributed by atoms with Gasteiger partial charge >= 0.3 is 5.97 Å². The van der Waals surface area contributed by atoms with Crippen molar-refractivity contribution in [3.8, 4) is 0 Å². The number of aryl methyl sites for hydroxylation is 2. The van der Waals surface area contributed by atoms with Crippen molar-refractivity contribution in [1.29, 1.82) is 0 Å². The molecule has 1 aromatic rings. The monoisotopic (exact) mass is 244 g/mol. The molecule has 94 valence electrons. The minimum atomic E-state index is -0.255. The minimum Gasteiger partial charge on any atom is -0.469 e. The molecule has 2 atom stereocenters. The lowest BCUT2D eigenvalue weighted by molar-refractivity contribution is -0.142. The Labute approximate surface area is 106 Å². The molecule has 0 heterocycles. The third-order valence-electron chi connectivity index (χ3n) is 4.01. The van der Waals surface area contributed by atoms with Crippen LogP contribution >= 0.6 is 0 Å². The second kappa shape index (κ2) is 4.23. The third kappa shape index (κ3) is 1.84. The summed E-state index contributed by atoms with van der Waals surface area (Å²) < 4.78 is 4.67. The van der Waals surface area contributed by atoms with E-state index in [2.05, 4.69) is 10.8 Å². The van der Waals surface area contributed by atoms with Crippen LogP contribution in [0.4, 0.5) is 0 Å². The first-order chi connectivity index (χ1) is 8.70. The Balaban J connectivity index is 1.76. The zero-order valence-electron chi connectivity index (χ0n) is 10.4. The standard InChI is InChI=1S/C15H16O3/c1-18-15(17)13-8-12(13)14(16)11-6-5-9-3-2-4-10(9)7-11/h5-7,12-13H,2-4,8H2,1H3/t12-,13+/m1/s1. The van der Waals surface area contributed by atoms with E-state index in [0.29, 0.717) is 6.42 Å². The second-order valence-electron chi connectivity index (χ2n) is 5.17. The van der Waals surface area contributed by atoms with Gasteiger partial charge < -0.3 is 4.74 Å². The van der Waals surface area contributed by atoms with Crippen LogP contribution in [-0.2, 0) is 22.4 Å². The number of hydrogen-bond donors (Lipinski definition) is 0. The van der Waals surface area contributed by atoms with Crippen LogP contribution in [0, 0.1) is 11.8 Å². The molecule has 1 saturated carbocycles. The quantitative estimate of drug-likeness (QED) is 0.604. The zero-order valence-corrected chi connectivity index (χ0v) is 10.4. The molecule has 2 aliphatic rings. The Kier molecular flexibility index (Phi) is 2.69. The maximum atomic E-state index is 12.2. The molecule has 0 amide bonds. The molecule has 3 heteroatoms. The Morgan fingerprint density at radius 3 is 2.72 bits per heavy atom. The summed E-state index contributed by atoms with van der Waals surface area (Å²) in [6.07, 6.45) is 4.02. The van der Waals surface area contributed by atoms with E-state index in [1.807, 2.05) is 12.1 Å². The summed E-state index contributed by atoms with van der Waals surface area (Å²) in [7, 11) is 1.37. The summed E-state index contributed by atoms with van der Waals surface area (Å²) in [6, 6.07) is 5.97. The summed E-state index contributed by atoms with van der Waals surface area (Å²) in [6.45, 7) is 0. The Hall–Kier alpha value is -1.64. The molecule has 1 fully saturated rings. The van der Waals surface area contributed by atoms with Crippen molar-refractivity contribution in [3.63, 3.8) is 0 Å². The highest BCUT2D eigenvalue weighted by Gasteiger charge is 2.48. The SMILES string of the molecule is COC(=O)[C@H]1C[C@H]1C(=O)c1ccc2c(c1)CCC2. The molecule has 3 rings (SSSR count). The van der Waals surface area contributed by atoms with Gasteiger partial charge in [-0.05, 0) is 42.9 Å². The molecule has 1 aromatic carbocycles. The molecule has 3 nitrogen and oxygen atoms in total. The summed E-state index contributed by atoms with van der Waals surface area (Å²) in [5.74, 6) is -0.526. The van der Waals surface area contributed by atoms with Crippen LogP contribution in [0.3, 0.4) is 0 Å². The number of ether oxygens (including phenoxy) is 1. The van der Waals surface area contributed by atoms with Gasteiger partial charge in [-0.1, -0.05) is 12.1 Å². The van der Waals surface area contributed by atoms with E-state index < -0.39 is 0 Å². The fraction of sp³-hybridized carbons (Fsp3) is 0.467. The molecule has 0 saturated heterocycles. The van der Waals surface area contributed by atoms with Gasteiger partial charge in [0.15, 0.2) is 5.78 Å². The van der Waals surface area contributed by atoms with Crippen molar-refractivity contribution >= 4 is 11.8 Å². The molecule has 0 aliphatic heterocycles. The number of esters is 1. The highest BCUT2D eigenvalue weighted by molar-refractivity contribution is 6.03. The highest BCUT2D eigenvalue weighted by Crippen LogP contribution is 2.42. The number of Topliss-reactive ketones (excluding diaryl/α,β-unsaturated/α-hetero) is 1. The van der Waals surface area contributed by atoms with E-state index >= 15 is 0 Å². The van der Waals surface area contributed by atoms with Crippen molar-refractivity contribution in [1.82, 2.24) is 0 Å². The average Bonchev–Trinajstić information content (AvgIpc) is 3.06. The summed E-state index contributed by atoms with van der Waals surface area (Å²) >= 11 is 0. The Morgan fingerprint density at radius 1 is 1.17 bits per heavy atom. The van der Waals surface area contributed by atoms with Gasteiger partial charge in [-0.25, -0.2) is 0 Å². The largest absolute Gasteiger partial charge is 0.469 e. The first-order valence-corrected chi connectivity index (χ1v) is 6.44. The van der Waals surface area contributed by atoms with Gasteiger partial charge in [0, 0.05) is 11.5 Å². The summed E-state index contributed by atoms with van der Waals surface area (Å²) in [5, 5.41) is 0. The van der Waals surface area contributed by atoms with E-state index in [-0.39, 0.29) is 23.6 Å². The van der Waals surface area contributed by atoms with Crippen LogP contribution in [0.15, 0.2) is 18.2 Å². The Morgan fingerprint density at radius 2 is 1.94 bits per heavy atom. The number of fused-ring (bicyclic) bond motifs is 1. The zero-order chi connectivity index (χ0) is 12.7. The lowest BCUT2D eigenvalue weighted by atomic mass is 10.0. The minimum absolute atomic E-state index is 0.0973. The van der Waals surface area contributed by atoms with Crippen LogP contribution in [0.1, 0.15) is 34.3 Å². The number of carbonyl (C=O) groups is 2. The topological polar surface area (TPSA) is 43.4 Å². The maximum Gasteiger partial charge on any atom is 0.309 e. The number of benzene rings is 1. The molecule has 0 aromatic heterocycles. The first-order valence-electron chi connectivity index (χ1n) is 6.44. The normalized spacial score (nSPS) is 24.5. The van der Waals surface area contributed by atoms with Gasteiger partial charge in [0.2, 0.25) is 0 Å². The van der Waals surface area contributed by atoms with Crippen LogP contribution in [0.2, 0.25) is 0 Å². The van der Waals surface area contributed by atoms with Crippen molar-refractivity contribution in [2.24, 2.45) is 11.8 Å². The lowest BCUT2D eigenvalue weighted by Gasteiger charge is -2.04. The van der Waals surface area contributed by atoms with Gasteiger partial charge in [0.1, 0.15) is 0 Å². The van der Waals surface area contributed by atoms with Crippen LogP contribution in [-0.4, -0.2) is 18.9 Å². The number of ketones is 1. The van der Waals surface area contributed by atoms with Gasteiger partial charge in [-0.15, -0.1) is 0 Å². The molecule has 0 spiro atoms. The molecule has 0 bridgehead atoms. The molecule has 18 heavy (non-hydrogen) atoms. The van der Waals surface area contributed by atoms with Gasteiger partial charge in [-0.3, -0.25) is 9.59 Å². The van der Waals surface area contributed by atoms with Gasteiger partial charge in [0.05, 0.1) is 13.0 Å². The van der Waals surface area contributed by atoms with Crippen molar-refractivity contribution < 1.29 is 14.3 Å². The first kappa shape index (κ1) is 11.5. The molecule has 0 radical (unpaired) electrons. The van der Waals surface area contributed by atoms with E-state index in [0.717, 1.165) is 18.4 Å². The lowest BCUT2D eigenvalue weighted by Crippen LogP contribution is -2.10. The van der Waals surface area contributed by atoms with Crippen LogP contribution in [0.5, 0.6) is 0 Å². The third-order valence-corrected chi connectivity index (χ3v) is 4.01. The predicted octanol–water partition coefficient (Wildman–Crippen LogP) is 2.17. The molecular weight excluding hydrogens is 228 g/mol. The van der Waals surface area contributed by atoms with E-state index in [9.17, 15) is 9.59 Å². The number of rotatable bonds is 3. The van der Waals surface area contributed by atoms with Gasteiger partial charge in [0.25, 0.3) is 0 Å². The molecule has 0 N–H and O–H groups in total. The fourth-order valence-corrected chi connectivity index (χ4v) is 2.84. The molecular formula is C15H16O3. The van der Waals surface area contributed by atoms with Crippen LogP contribution in [0.25, 0.3) is 0 Å². The van der Waals surface area contributed by atoms with Crippen molar-refractivity contribution in [2.75, 3.05) is 7.11 Å². The average molecular weight is 244 g/mol. The predicted molar refractivity (Wildman–Crippen MR) is 66.4 cm³/mol. The van der Waals surface area contributed by atoms with E-state index in [4.69, 9.17) is 0 Å². The van der Waals surface area contributed by atoms with E-state index in [1.165, 1.54) is 24.7 Å². The Bertz CT molecular complexity index is 518. The van der Waals surface area contributed by atoms with E-state index in [1.54, 1.807) is 0 Å². The summed E-state index contributed by atoms with van der Waals surface area (Å²) in [5.41, 5.74) is 3.43. The van der Waals surface area contributed by atoms with Crippen molar-refractivity contribution in [2.45, 2.75) is 25.7 Å². The summed E-state index contributed by atoms with van der Waals surface area (Å²) in [4.78, 5) is 23.6. The number of methoxy groups -OCH3 is 1. The molecule has 0 unspecified atom stereocenters. The second-order valence-corrected chi connectivity index (χ2v) is 5.17. The fourth-order valence-electron chi connectivity index (χ4n) is 2.84. The van der Waals surface area contributed by atoms with Crippen LogP contribution < -0.4 is 0 Å².